The molecule has 1 saturated heterocycles. The first-order chi connectivity index (χ1) is 18.0. The van der Waals surface area contributed by atoms with Crippen molar-refractivity contribution in [2.75, 3.05) is 17.3 Å². The third-order valence-corrected chi connectivity index (χ3v) is 7.19. The number of nitrogens with zero attached hydrogens (tertiary/aromatic N) is 3. The predicted octanol–water partition coefficient (Wildman–Crippen LogP) is 6.17. The Morgan fingerprint density at radius 1 is 1.11 bits per heavy atom. The molecule has 2 atom stereocenters. The Kier molecular flexibility index (Phi) is 7.25. The minimum atomic E-state index is -0.207. The monoisotopic (exact) mass is 575 g/mol. The zero-order valence-electron chi connectivity index (χ0n) is 20.4. The summed E-state index contributed by atoms with van der Waals surface area (Å²) in [6.45, 7) is 1.81. The van der Waals surface area contributed by atoms with Crippen LogP contribution in [0.4, 0.5) is 11.4 Å². The van der Waals surface area contributed by atoms with Crippen molar-refractivity contribution in [2.24, 2.45) is 0 Å². The Balaban J connectivity index is 1.62. The maximum Gasteiger partial charge on any atom is 0.224 e. The molecule has 0 unspecified atom stereocenters. The van der Waals surface area contributed by atoms with E-state index in [9.17, 15) is 4.79 Å². The summed E-state index contributed by atoms with van der Waals surface area (Å²) in [6.07, 6.45) is 4.23. The van der Waals surface area contributed by atoms with Crippen LogP contribution in [0.2, 0.25) is 0 Å². The van der Waals surface area contributed by atoms with Crippen molar-refractivity contribution in [3.8, 4) is 11.4 Å². The number of hydrogen-bond donors (Lipinski definition) is 2. The molecular formula is C28H26BrN5O2S. The van der Waals surface area contributed by atoms with Crippen LogP contribution in [0.1, 0.15) is 36.8 Å². The van der Waals surface area contributed by atoms with Crippen molar-refractivity contribution in [2.45, 2.75) is 25.4 Å². The molecule has 188 valence electrons. The highest BCUT2D eigenvalue weighted by Crippen LogP contribution is 2.44. The van der Waals surface area contributed by atoms with E-state index in [2.05, 4.69) is 65.4 Å². The van der Waals surface area contributed by atoms with Gasteiger partial charge in [-0.2, -0.15) is 0 Å². The number of halogens is 1. The van der Waals surface area contributed by atoms with Gasteiger partial charge >= 0.3 is 0 Å². The van der Waals surface area contributed by atoms with Crippen molar-refractivity contribution < 1.29 is 9.53 Å². The molecule has 9 heteroatoms. The Morgan fingerprint density at radius 2 is 1.89 bits per heavy atom. The molecule has 0 saturated carbocycles. The highest BCUT2D eigenvalue weighted by Gasteiger charge is 2.42. The van der Waals surface area contributed by atoms with Crippen molar-refractivity contribution in [3.05, 3.63) is 101 Å². The van der Waals surface area contributed by atoms with Crippen LogP contribution in [-0.4, -0.2) is 27.7 Å². The van der Waals surface area contributed by atoms with Gasteiger partial charge in [0.05, 0.1) is 24.5 Å². The Labute approximate surface area is 229 Å². The third kappa shape index (κ3) is 4.97. The quantitative estimate of drug-likeness (QED) is 0.257. The van der Waals surface area contributed by atoms with E-state index in [-0.39, 0.29) is 18.0 Å². The second kappa shape index (κ2) is 10.7. The number of pyridine rings is 1. The summed E-state index contributed by atoms with van der Waals surface area (Å²) in [5, 5.41) is 6.98. The van der Waals surface area contributed by atoms with Crippen molar-refractivity contribution >= 4 is 50.5 Å². The lowest BCUT2D eigenvalue weighted by Gasteiger charge is -2.29. The van der Waals surface area contributed by atoms with Crippen LogP contribution in [-0.2, 0) is 4.79 Å². The van der Waals surface area contributed by atoms with Crippen molar-refractivity contribution in [1.29, 1.82) is 0 Å². The van der Waals surface area contributed by atoms with Crippen LogP contribution < -0.4 is 20.3 Å². The summed E-state index contributed by atoms with van der Waals surface area (Å²) in [7, 11) is 1.59. The minimum Gasteiger partial charge on any atom is -0.494 e. The fraction of sp³-hybridized carbons (Fsp3) is 0.179. The normalized spacial score (nSPS) is 16.9. The standard InChI is InChI=1S/C28H26BrN5O2S/c1-3-25(35)31-21-14-13-20(17-24(21)36-2)34-27(26(32-28(34)37)22-7-4-5-15-30-22)23-8-6-16-33(23)19-11-9-18(29)10-12-19/h4-17,26-27H,3H2,1-2H3,(H,31,35)(H,32,37)/t26-,27+/m1/s1. The summed E-state index contributed by atoms with van der Waals surface area (Å²) < 4.78 is 8.83. The lowest BCUT2D eigenvalue weighted by molar-refractivity contribution is -0.115. The number of nitrogens with one attached hydrogen (secondary N) is 2. The van der Waals surface area contributed by atoms with Crippen LogP contribution in [0, 0.1) is 0 Å². The zero-order valence-corrected chi connectivity index (χ0v) is 22.8. The highest BCUT2D eigenvalue weighted by molar-refractivity contribution is 9.10. The van der Waals surface area contributed by atoms with Gasteiger partial charge in [-0.3, -0.25) is 9.78 Å². The van der Waals surface area contributed by atoms with Gasteiger partial charge in [-0.25, -0.2) is 0 Å². The zero-order chi connectivity index (χ0) is 25.9. The van der Waals surface area contributed by atoms with Crippen molar-refractivity contribution in [3.63, 3.8) is 0 Å². The summed E-state index contributed by atoms with van der Waals surface area (Å²) in [4.78, 5) is 18.8. The molecule has 3 heterocycles. The van der Waals surface area contributed by atoms with Gasteiger partial charge in [0.1, 0.15) is 11.8 Å². The van der Waals surface area contributed by atoms with E-state index in [1.807, 2.05) is 61.5 Å². The first-order valence-electron chi connectivity index (χ1n) is 11.9. The predicted molar refractivity (Wildman–Crippen MR) is 153 cm³/mol. The summed E-state index contributed by atoms with van der Waals surface area (Å²) in [5.74, 6) is 0.482. The number of ether oxygens (including phenoxy) is 1. The minimum absolute atomic E-state index is 0.0789. The van der Waals surface area contributed by atoms with E-state index >= 15 is 0 Å². The number of carbonyl (C=O) groups is 1. The van der Waals surface area contributed by atoms with Gasteiger partial charge in [-0.15, -0.1) is 0 Å². The second-order valence-corrected chi connectivity index (χ2v) is 9.86. The molecule has 0 radical (unpaired) electrons. The Bertz CT molecular complexity index is 1420. The molecular weight excluding hydrogens is 550 g/mol. The molecule has 4 aromatic rings. The number of anilines is 2. The van der Waals surface area contributed by atoms with E-state index in [0.29, 0.717) is 23.0 Å². The first kappa shape index (κ1) is 25.0. The summed E-state index contributed by atoms with van der Waals surface area (Å²) >= 11 is 9.42. The van der Waals surface area contributed by atoms with Crippen LogP contribution in [0.25, 0.3) is 5.69 Å². The Hall–Kier alpha value is -3.69. The van der Waals surface area contributed by atoms with E-state index in [1.54, 1.807) is 13.3 Å². The number of carbonyl (C=O) groups excluding carboxylic acids is 1. The molecule has 0 bridgehead atoms. The molecule has 1 amide bonds. The highest BCUT2D eigenvalue weighted by atomic mass is 79.9. The molecule has 2 aromatic heterocycles. The van der Waals surface area contributed by atoms with Gasteiger partial charge in [0, 0.05) is 46.4 Å². The average molecular weight is 577 g/mol. The molecule has 37 heavy (non-hydrogen) atoms. The van der Waals surface area contributed by atoms with Gasteiger partial charge in [-0.1, -0.05) is 28.9 Å². The molecule has 1 aliphatic heterocycles. The number of hydrogen-bond acceptors (Lipinski definition) is 4. The number of thiocarbonyl (C=S) groups is 1. The SMILES string of the molecule is CCC(=O)Nc1ccc(N2C(=S)N[C@H](c3ccccn3)[C@@H]2c2cccn2-c2ccc(Br)cc2)cc1OC. The largest absolute Gasteiger partial charge is 0.494 e. The molecule has 0 aliphatic carbocycles. The van der Waals surface area contributed by atoms with Crippen LogP contribution in [0.5, 0.6) is 5.75 Å². The van der Waals surface area contributed by atoms with E-state index in [0.717, 1.165) is 27.2 Å². The number of rotatable bonds is 7. The summed E-state index contributed by atoms with van der Waals surface area (Å²) in [6, 6.07) is 23.5. The van der Waals surface area contributed by atoms with E-state index < -0.39 is 0 Å². The Morgan fingerprint density at radius 3 is 2.59 bits per heavy atom. The van der Waals surface area contributed by atoms with Gasteiger partial charge in [0.25, 0.3) is 0 Å². The van der Waals surface area contributed by atoms with Crippen LogP contribution in [0.3, 0.4) is 0 Å². The van der Waals surface area contributed by atoms with Crippen molar-refractivity contribution in [1.82, 2.24) is 14.9 Å². The van der Waals surface area contributed by atoms with Crippen LogP contribution in [0.15, 0.2) is 89.7 Å². The maximum atomic E-state index is 12.0. The topological polar surface area (TPSA) is 71.4 Å². The van der Waals surface area contributed by atoms with Gasteiger partial charge < -0.3 is 24.8 Å². The van der Waals surface area contributed by atoms with Gasteiger partial charge in [-0.05, 0) is 72.9 Å². The molecule has 2 N–H and O–H groups in total. The number of benzene rings is 2. The first-order valence-corrected chi connectivity index (χ1v) is 13.1. The van der Waals surface area contributed by atoms with Gasteiger partial charge in [0.15, 0.2) is 5.11 Å². The summed E-state index contributed by atoms with van der Waals surface area (Å²) in [5.41, 5.74) is 4.44. The maximum absolute atomic E-state index is 12.0. The molecule has 0 spiro atoms. The number of amides is 1. The van der Waals surface area contributed by atoms with E-state index in [4.69, 9.17) is 17.0 Å². The number of methoxy groups -OCH3 is 1. The molecule has 5 rings (SSSR count). The lowest BCUT2D eigenvalue weighted by atomic mass is 10.0. The molecule has 1 fully saturated rings. The smallest absolute Gasteiger partial charge is 0.224 e. The second-order valence-electron chi connectivity index (χ2n) is 8.56. The van der Waals surface area contributed by atoms with E-state index in [1.165, 1.54) is 0 Å². The average Bonchev–Trinajstić information content (AvgIpc) is 3.54. The fourth-order valence-corrected chi connectivity index (χ4v) is 5.19. The molecule has 2 aromatic carbocycles. The van der Waals surface area contributed by atoms with Gasteiger partial charge in [0.2, 0.25) is 5.91 Å². The molecule has 7 nitrogen and oxygen atoms in total. The van der Waals surface area contributed by atoms with Crippen LogP contribution >= 0.6 is 28.1 Å². The fourth-order valence-electron chi connectivity index (χ4n) is 4.58. The third-order valence-electron chi connectivity index (χ3n) is 6.34. The molecule has 1 aliphatic rings. The lowest BCUT2D eigenvalue weighted by Crippen LogP contribution is -2.30. The number of aromatic nitrogens is 2.